The molecule has 0 aliphatic heterocycles. The smallest absolute Gasteiger partial charge is 0.191 e. The van der Waals surface area contributed by atoms with Crippen LogP contribution in [0.3, 0.4) is 0 Å². The van der Waals surface area contributed by atoms with E-state index in [2.05, 4.69) is 20.6 Å². The number of ether oxygens (including phenoxy) is 1. The molecule has 0 atom stereocenters. The minimum atomic E-state index is 0.196. The van der Waals surface area contributed by atoms with Crippen LogP contribution < -0.4 is 15.4 Å². The van der Waals surface area contributed by atoms with E-state index in [1.165, 1.54) is 4.88 Å². The van der Waals surface area contributed by atoms with Crippen LogP contribution >= 0.6 is 11.3 Å². The monoisotopic (exact) mass is 348 g/mol. The Morgan fingerprint density at radius 3 is 2.88 bits per heavy atom. The highest BCUT2D eigenvalue weighted by atomic mass is 32.1. The molecule has 2 aromatic rings. The number of aliphatic imine (C=N–C) groups is 1. The average Bonchev–Trinajstić information content (AvgIpc) is 2.99. The number of nitrogens with zero attached hydrogens (tertiary/aromatic N) is 2. The number of rotatable bonds is 7. The van der Waals surface area contributed by atoms with E-state index in [1.54, 1.807) is 24.5 Å². The molecule has 0 spiro atoms. The number of phenolic OH excluding ortho intramolecular Hbond substituents is 1. The van der Waals surface area contributed by atoms with E-state index in [0.717, 1.165) is 23.1 Å². The Morgan fingerprint density at radius 2 is 2.21 bits per heavy atom. The van der Waals surface area contributed by atoms with E-state index < -0.39 is 0 Å². The molecule has 0 aliphatic carbocycles. The van der Waals surface area contributed by atoms with Crippen LogP contribution in [-0.4, -0.2) is 36.2 Å². The summed E-state index contributed by atoms with van der Waals surface area (Å²) in [5.74, 6) is 1.43. The average molecular weight is 348 g/mol. The van der Waals surface area contributed by atoms with Crippen LogP contribution in [0.4, 0.5) is 0 Å². The third-order valence-corrected chi connectivity index (χ3v) is 4.27. The highest BCUT2D eigenvalue weighted by Crippen LogP contribution is 2.29. The third-order valence-electron chi connectivity index (χ3n) is 3.38. The minimum absolute atomic E-state index is 0.196. The van der Waals surface area contributed by atoms with Crippen molar-refractivity contribution in [2.75, 3.05) is 20.2 Å². The molecule has 130 valence electrons. The van der Waals surface area contributed by atoms with E-state index >= 15 is 0 Å². The Balaban J connectivity index is 1.91. The number of guanidine groups is 1. The number of hydrogen-bond donors (Lipinski definition) is 3. The molecule has 1 heterocycles. The van der Waals surface area contributed by atoms with Gasteiger partial charge in [0.25, 0.3) is 0 Å². The molecule has 0 radical (unpaired) electrons. The van der Waals surface area contributed by atoms with Crippen LogP contribution in [0, 0.1) is 6.92 Å². The fourth-order valence-electron chi connectivity index (χ4n) is 2.21. The summed E-state index contributed by atoms with van der Waals surface area (Å²) in [6, 6.07) is 5.51. The summed E-state index contributed by atoms with van der Waals surface area (Å²) in [5, 5.41) is 17.6. The van der Waals surface area contributed by atoms with Gasteiger partial charge in [-0.2, -0.15) is 0 Å². The predicted octanol–water partition coefficient (Wildman–Crippen LogP) is 2.46. The first-order valence-corrected chi connectivity index (χ1v) is 8.74. The molecule has 7 heteroatoms. The van der Waals surface area contributed by atoms with Crippen molar-refractivity contribution in [3.8, 4) is 11.5 Å². The summed E-state index contributed by atoms with van der Waals surface area (Å²) in [5.41, 5.74) is 0.841. The maximum Gasteiger partial charge on any atom is 0.191 e. The van der Waals surface area contributed by atoms with Crippen molar-refractivity contribution in [1.82, 2.24) is 15.6 Å². The zero-order valence-electron chi connectivity index (χ0n) is 14.3. The lowest BCUT2D eigenvalue weighted by Crippen LogP contribution is -2.38. The molecular formula is C17H24N4O2S. The van der Waals surface area contributed by atoms with Crippen molar-refractivity contribution in [3.05, 3.63) is 39.8 Å². The molecule has 0 saturated heterocycles. The number of aromatic nitrogens is 1. The summed E-state index contributed by atoms with van der Waals surface area (Å²) in [6.45, 7) is 6.06. The van der Waals surface area contributed by atoms with Gasteiger partial charge >= 0.3 is 0 Å². The van der Waals surface area contributed by atoms with Gasteiger partial charge in [0.1, 0.15) is 5.01 Å². The van der Waals surface area contributed by atoms with Crippen molar-refractivity contribution in [2.24, 2.45) is 4.99 Å². The molecule has 6 nitrogen and oxygen atoms in total. The second kappa shape index (κ2) is 9.12. The van der Waals surface area contributed by atoms with E-state index in [1.807, 2.05) is 32.2 Å². The van der Waals surface area contributed by atoms with Gasteiger partial charge in [-0.15, -0.1) is 11.3 Å². The van der Waals surface area contributed by atoms with Crippen LogP contribution in [0.25, 0.3) is 0 Å². The largest absolute Gasteiger partial charge is 0.504 e. The maximum absolute atomic E-state index is 10.1. The van der Waals surface area contributed by atoms with Gasteiger partial charge in [-0.25, -0.2) is 9.98 Å². The Hall–Kier alpha value is -2.28. The number of benzene rings is 1. The first-order chi connectivity index (χ1) is 11.6. The normalized spacial score (nSPS) is 11.4. The number of hydrogen-bond acceptors (Lipinski definition) is 5. The predicted molar refractivity (Wildman–Crippen MR) is 98.0 cm³/mol. The standard InChI is InChI=1S/C17H24N4O2S/c1-4-18-17(21-11-15-20-10-12(2)24-15)19-9-8-13-6-5-7-14(23-3)16(13)22/h5-7,10,22H,4,8-9,11H2,1-3H3,(H2,18,19,21). The topological polar surface area (TPSA) is 78.8 Å². The second-order valence-corrected chi connectivity index (χ2v) is 6.52. The summed E-state index contributed by atoms with van der Waals surface area (Å²) in [4.78, 5) is 10.0. The van der Waals surface area contributed by atoms with Gasteiger partial charge < -0.3 is 20.5 Å². The van der Waals surface area contributed by atoms with Gasteiger partial charge in [-0.05, 0) is 31.9 Å². The van der Waals surface area contributed by atoms with Crippen molar-refractivity contribution >= 4 is 17.3 Å². The Labute approximate surface area is 146 Å². The molecule has 3 N–H and O–H groups in total. The van der Waals surface area contributed by atoms with Crippen molar-refractivity contribution in [3.63, 3.8) is 0 Å². The number of methoxy groups -OCH3 is 1. The van der Waals surface area contributed by atoms with E-state index in [-0.39, 0.29) is 5.75 Å². The molecule has 24 heavy (non-hydrogen) atoms. The molecule has 2 rings (SSSR count). The first kappa shape index (κ1) is 18.1. The minimum Gasteiger partial charge on any atom is -0.504 e. The molecule has 0 saturated carbocycles. The van der Waals surface area contributed by atoms with Crippen LogP contribution in [0.1, 0.15) is 22.4 Å². The first-order valence-electron chi connectivity index (χ1n) is 7.92. The fraction of sp³-hybridized carbons (Fsp3) is 0.412. The number of nitrogens with one attached hydrogen (secondary N) is 2. The maximum atomic E-state index is 10.1. The summed E-state index contributed by atoms with van der Waals surface area (Å²) in [6.07, 6.45) is 2.53. The lowest BCUT2D eigenvalue weighted by molar-refractivity contribution is 0.370. The molecular weight excluding hydrogens is 324 g/mol. The van der Waals surface area contributed by atoms with Crippen molar-refractivity contribution in [1.29, 1.82) is 0 Å². The second-order valence-electron chi connectivity index (χ2n) is 5.20. The molecule has 0 unspecified atom stereocenters. The Morgan fingerprint density at radius 1 is 1.38 bits per heavy atom. The highest BCUT2D eigenvalue weighted by Gasteiger charge is 2.07. The number of thiazole rings is 1. The SMILES string of the molecule is CCNC(=NCc1ncc(C)s1)NCCc1cccc(OC)c1O. The van der Waals surface area contributed by atoms with E-state index in [4.69, 9.17) is 4.74 Å². The van der Waals surface area contributed by atoms with Gasteiger partial charge in [0.15, 0.2) is 17.5 Å². The van der Waals surface area contributed by atoms with Crippen LogP contribution in [-0.2, 0) is 13.0 Å². The van der Waals surface area contributed by atoms with Gasteiger partial charge in [-0.3, -0.25) is 0 Å². The van der Waals surface area contributed by atoms with Gasteiger partial charge in [0.2, 0.25) is 0 Å². The molecule has 1 aromatic heterocycles. The van der Waals surface area contributed by atoms with Crippen LogP contribution in [0.5, 0.6) is 11.5 Å². The highest BCUT2D eigenvalue weighted by molar-refractivity contribution is 7.11. The zero-order valence-corrected chi connectivity index (χ0v) is 15.1. The zero-order chi connectivity index (χ0) is 17.4. The number of phenols is 1. The summed E-state index contributed by atoms with van der Waals surface area (Å²) >= 11 is 1.65. The lowest BCUT2D eigenvalue weighted by Gasteiger charge is -2.12. The lowest BCUT2D eigenvalue weighted by atomic mass is 10.1. The third kappa shape index (κ3) is 5.13. The number of para-hydroxylation sites is 1. The Kier molecular flexibility index (Phi) is 6.87. The van der Waals surface area contributed by atoms with E-state index in [9.17, 15) is 5.11 Å². The van der Waals surface area contributed by atoms with Crippen molar-refractivity contribution < 1.29 is 9.84 Å². The molecule has 1 aromatic carbocycles. The molecule has 0 fully saturated rings. The number of aromatic hydroxyl groups is 1. The van der Waals surface area contributed by atoms with Crippen molar-refractivity contribution in [2.45, 2.75) is 26.8 Å². The number of aryl methyl sites for hydroxylation is 1. The fourth-order valence-corrected chi connectivity index (χ4v) is 2.92. The summed E-state index contributed by atoms with van der Waals surface area (Å²) in [7, 11) is 1.55. The van der Waals surface area contributed by atoms with Crippen LogP contribution in [0.15, 0.2) is 29.4 Å². The Bertz CT molecular complexity index is 685. The van der Waals surface area contributed by atoms with Gasteiger partial charge in [0.05, 0.1) is 13.7 Å². The van der Waals surface area contributed by atoms with E-state index in [0.29, 0.717) is 25.3 Å². The van der Waals surface area contributed by atoms with Crippen LogP contribution in [0.2, 0.25) is 0 Å². The molecule has 0 aliphatic rings. The molecule has 0 bridgehead atoms. The van der Waals surface area contributed by atoms with Gasteiger partial charge in [0, 0.05) is 24.2 Å². The quantitative estimate of drug-likeness (QED) is 0.529. The van der Waals surface area contributed by atoms with Gasteiger partial charge in [-0.1, -0.05) is 12.1 Å². The molecule has 0 amide bonds. The summed E-state index contributed by atoms with van der Waals surface area (Å²) < 4.78 is 5.13.